The van der Waals surface area contributed by atoms with Crippen LogP contribution in [-0.4, -0.2) is 27.4 Å². The topological polar surface area (TPSA) is 78.3 Å². The van der Waals surface area contributed by atoms with Crippen LogP contribution < -0.4 is 10.5 Å². The molecule has 5 heterocycles. The van der Waals surface area contributed by atoms with E-state index in [1.54, 1.807) is 58.3 Å². The van der Waals surface area contributed by atoms with E-state index in [0.717, 1.165) is 33.7 Å². The summed E-state index contributed by atoms with van der Waals surface area (Å²) in [5.74, 6) is -1.20. The Bertz CT molecular complexity index is 2340. The number of nitrogens with one attached hydrogen (secondary N) is 1. The molecule has 7 aromatic rings. The van der Waals surface area contributed by atoms with Crippen LogP contribution in [0, 0.1) is 6.92 Å². The van der Waals surface area contributed by atoms with Crippen LogP contribution in [0.25, 0.3) is 40.5 Å². The van der Waals surface area contributed by atoms with Crippen molar-refractivity contribution in [1.82, 2.24) is 9.78 Å². The molecule has 0 bridgehead atoms. The van der Waals surface area contributed by atoms with Gasteiger partial charge in [-0.1, -0.05) is 48.5 Å². The highest BCUT2D eigenvalue weighted by atomic mass is 32.1. The minimum Gasteiger partial charge on any atom is -0.477 e. The van der Waals surface area contributed by atoms with Crippen molar-refractivity contribution in [2.45, 2.75) is 19.8 Å². The lowest BCUT2D eigenvalue weighted by molar-refractivity contribution is 0.0689. The summed E-state index contributed by atoms with van der Waals surface area (Å²) in [5, 5.41) is 12.7. The molecule has 0 saturated heterocycles. The number of para-hydroxylation sites is 1. The molecule has 222 valence electrons. The molecule has 0 aliphatic carbocycles. The van der Waals surface area contributed by atoms with Crippen LogP contribution >= 0.6 is 34.0 Å². The number of benzene rings is 3. The van der Waals surface area contributed by atoms with Gasteiger partial charge in [0, 0.05) is 37.1 Å². The quantitative estimate of drug-likeness (QED) is 0.189. The number of anilines is 2. The molecule has 0 fully saturated rings. The van der Waals surface area contributed by atoms with Crippen LogP contribution in [0.2, 0.25) is 0 Å². The van der Waals surface area contributed by atoms with E-state index in [9.17, 15) is 14.7 Å². The molecule has 0 atom stereocenters. The number of carbonyl (C=O) groups is 1. The first-order valence-electron chi connectivity index (χ1n) is 14.6. The molecule has 0 saturated carbocycles. The van der Waals surface area contributed by atoms with Crippen molar-refractivity contribution in [2.24, 2.45) is 0 Å². The zero-order valence-electron chi connectivity index (χ0n) is 24.3. The van der Waals surface area contributed by atoms with Gasteiger partial charge in [-0.3, -0.25) is 9.89 Å². The number of aromatic carboxylic acids is 1. The van der Waals surface area contributed by atoms with Gasteiger partial charge in [0.15, 0.2) is 5.69 Å². The van der Waals surface area contributed by atoms with Gasteiger partial charge in [-0.2, -0.15) is 0 Å². The number of hydrogen-bond donors (Lipinski definition) is 2. The molecular weight excluding hydrogens is 619 g/mol. The molecule has 0 unspecified atom stereocenters. The monoisotopic (exact) mass is 645 g/mol. The fraction of sp³-hybridized carbons (Fsp3) is 0.111. The van der Waals surface area contributed by atoms with Gasteiger partial charge in [0.05, 0.1) is 20.7 Å². The number of H-pyrrole nitrogens is 1. The Labute approximate surface area is 270 Å². The summed E-state index contributed by atoms with van der Waals surface area (Å²) < 4.78 is 5.96. The van der Waals surface area contributed by atoms with Crippen LogP contribution in [0.3, 0.4) is 0 Å². The molecule has 0 spiro atoms. The maximum absolute atomic E-state index is 13.5. The van der Waals surface area contributed by atoms with Crippen molar-refractivity contribution in [1.29, 1.82) is 0 Å². The normalized spacial score (nSPS) is 13.0. The van der Waals surface area contributed by atoms with Crippen molar-refractivity contribution >= 4 is 75.7 Å². The predicted octanol–water partition coefficient (Wildman–Crippen LogP) is 9.48. The second kappa shape index (κ2) is 10.7. The number of aryl methyl sites for hydroxylation is 2. The zero-order chi connectivity index (χ0) is 30.8. The van der Waals surface area contributed by atoms with Crippen molar-refractivity contribution in [2.75, 3.05) is 11.4 Å². The van der Waals surface area contributed by atoms with Crippen LogP contribution in [0.15, 0.2) is 96.3 Å². The number of carboxylic acid groups (broad SMARTS) is 1. The Morgan fingerprint density at radius 1 is 0.889 bits per heavy atom. The second-order valence-electron chi connectivity index (χ2n) is 11.3. The molecule has 6 nitrogen and oxygen atoms in total. The molecule has 1 aliphatic rings. The average Bonchev–Trinajstić information content (AvgIpc) is 3.81. The molecule has 2 N–H and O–H groups in total. The van der Waals surface area contributed by atoms with Gasteiger partial charge in [0.1, 0.15) is 0 Å². The number of fused-ring (bicyclic) bond motifs is 4. The van der Waals surface area contributed by atoms with Gasteiger partial charge in [0.25, 0.3) is 5.56 Å². The van der Waals surface area contributed by atoms with Crippen molar-refractivity contribution in [3.63, 3.8) is 0 Å². The van der Waals surface area contributed by atoms with Crippen LogP contribution in [0.4, 0.5) is 11.4 Å². The first-order chi connectivity index (χ1) is 21.9. The summed E-state index contributed by atoms with van der Waals surface area (Å²) in [7, 11) is 0. The van der Waals surface area contributed by atoms with Crippen molar-refractivity contribution in [3.05, 3.63) is 129 Å². The SMILES string of the molecule is C=C(c1cc2sc3cc(-c4ccc5c(c4)CCCN5c4ccc(C)cc4)sc3c2s1)c1c(C(=O)O)[nH]n(-c2ccccc2)c1=O. The molecule has 4 aromatic heterocycles. The molecule has 8 rings (SSSR count). The Hall–Kier alpha value is -4.70. The summed E-state index contributed by atoms with van der Waals surface area (Å²) in [6.07, 6.45) is 2.18. The van der Waals surface area contributed by atoms with E-state index in [1.807, 2.05) is 12.1 Å². The zero-order valence-corrected chi connectivity index (χ0v) is 26.7. The summed E-state index contributed by atoms with van der Waals surface area (Å²) in [6, 6.07) is 28.9. The van der Waals surface area contributed by atoms with E-state index in [4.69, 9.17) is 0 Å². The number of carboxylic acids is 1. The van der Waals surface area contributed by atoms with Crippen molar-refractivity contribution < 1.29 is 9.90 Å². The third kappa shape index (κ3) is 4.66. The Morgan fingerprint density at radius 2 is 1.64 bits per heavy atom. The van der Waals surface area contributed by atoms with Gasteiger partial charge in [0.2, 0.25) is 0 Å². The summed E-state index contributed by atoms with van der Waals surface area (Å²) in [4.78, 5) is 30.1. The Balaban J connectivity index is 1.14. The Kier molecular flexibility index (Phi) is 6.63. The fourth-order valence-electron chi connectivity index (χ4n) is 6.12. The predicted molar refractivity (Wildman–Crippen MR) is 189 cm³/mol. The molecule has 9 heteroatoms. The third-order valence-corrected chi connectivity index (χ3v) is 12.3. The standard InChI is InChI=1S/C36H27N3O3S3/c1-20-10-13-24(14-11-20)38-16-6-7-22-17-23(12-15-26(22)38)28-19-30-34(45-28)33-29(43-30)18-27(44-33)21(2)31-32(36(41)42)37-39(35(31)40)25-8-4-3-5-9-25/h3-5,8-15,17-19,37H,2,6-7,16H2,1H3,(H,41,42). The van der Waals surface area contributed by atoms with Crippen LogP contribution in [0.5, 0.6) is 0 Å². The first-order valence-corrected chi connectivity index (χ1v) is 17.1. The highest BCUT2D eigenvalue weighted by Crippen LogP contribution is 2.48. The lowest BCUT2D eigenvalue weighted by Gasteiger charge is -2.31. The number of hydrogen-bond acceptors (Lipinski definition) is 6. The maximum atomic E-state index is 13.5. The smallest absolute Gasteiger partial charge is 0.354 e. The van der Waals surface area contributed by atoms with Gasteiger partial charge in [-0.05, 0) is 85.0 Å². The van der Waals surface area contributed by atoms with Crippen LogP contribution in [0.1, 0.15) is 38.5 Å². The summed E-state index contributed by atoms with van der Waals surface area (Å²) >= 11 is 5.06. The number of rotatable bonds is 6. The highest BCUT2D eigenvalue weighted by molar-refractivity contribution is 7.39. The third-order valence-electron chi connectivity index (χ3n) is 8.37. The minimum absolute atomic E-state index is 0.0807. The lowest BCUT2D eigenvalue weighted by atomic mass is 9.98. The van der Waals surface area contributed by atoms with Crippen molar-refractivity contribution in [3.8, 4) is 16.1 Å². The number of aromatic nitrogens is 2. The largest absolute Gasteiger partial charge is 0.477 e. The second-order valence-corrected chi connectivity index (χ2v) is 14.5. The lowest BCUT2D eigenvalue weighted by Crippen LogP contribution is -2.24. The maximum Gasteiger partial charge on any atom is 0.354 e. The fourth-order valence-corrected chi connectivity index (χ4v) is 10.1. The number of thiophene rings is 3. The molecule has 1 aliphatic heterocycles. The van der Waals surface area contributed by atoms with Gasteiger partial charge in [-0.25, -0.2) is 9.48 Å². The molecular formula is C36H27N3O3S3. The van der Waals surface area contributed by atoms with E-state index < -0.39 is 11.5 Å². The van der Waals surface area contributed by atoms with Gasteiger partial charge >= 0.3 is 5.97 Å². The molecule has 45 heavy (non-hydrogen) atoms. The van der Waals surface area contributed by atoms with E-state index >= 15 is 0 Å². The van der Waals surface area contributed by atoms with Crippen LogP contribution in [-0.2, 0) is 6.42 Å². The molecule has 0 amide bonds. The van der Waals surface area contributed by atoms with E-state index in [1.165, 1.54) is 47.0 Å². The van der Waals surface area contributed by atoms with Gasteiger partial charge < -0.3 is 10.0 Å². The number of nitrogens with zero attached hydrogens (tertiary/aromatic N) is 2. The highest BCUT2D eigenvalue weighted by Gasteiger charge is 2.26. The summed E-state index contributed by atoms with van der Waals surface area (Å²) in [5.41, 5.74) is 6.84. The average molecular weight is 646 g/mol. The first kappa shape index (κ1) is 27.8. The summed E-state index contributed by atoms with van der Waals surface area (Å²) in [6.45, 7) is 7.34. The van der Waals surface area contributed by atoms with Gasteiger partial charge in [-0.15, -0.1) is 34.0 Å². The van der Waals surface area contributed by atoms with E-state index in [0.29, 0.717) is 11.3 Å². The minimum atomic E-state index is -1.20. The molecule has 3 aromatic carbocycles. The van der Waals surface area contributed by atoms with E-state index in [2.05, 4.69) is 72.0 Å². The molecule has 0 radical (unpaired) electrons. The Morgan fingerprint density at radius 3 is 2.42 bits per heavy atom. The van der Waals surface area contributed by atoms with E-state index in [-0.39, 0.29) is 11.3 Å². The number of aromatic amines is 1.